The fraction of sp³-hybridized carbons (Fsp3) is 0.235. The maximum Gasteiger partial charge on any atom is 0.413 e. The zero-order chi connectivity index (χ0) is 18.0. The van der Waals surface area contributed by atoms with Gasteiger partial charge in [0.15, 0.2) is 0 Å². The molecule has 6 nitrogen and oxygen atoms in total. The lowest BCUT2D eigenvalue weighted by Gasteiger charge is -2.08. The van der Waals surface area contributed by atoms with Crippen LogP contribution < -0.4 is 10.6 Å². The molecule has 3 rings (SSSR count). The number of ether oxygens (including phenoxy) is 1. The van der Waals surface area contributed by atoms with E-state index in [1.807, 2.05) is 0 Å². The number of carbonyl (C=O) groups is 3. The van der Waals surface area contributed by atoms with Gasteiger partial charge < -0.3 is 10.1 Å². The Balaban J connectivity index is 1.88. The van der Waals surface area contributed by atoms with Crippen LogP contribution in [0.3, 0.4) is 0 Å². The van der Waals surface area contributed by atoms with Crippen LogP contribution in [0.5, 0.6) is 0 Å². The quantitative estimate of drug-likeness (QED) is 0.853. The summed E-state index contributed by atoms with van der Waals surface area (Å²) < 4.78 is 4.47. The fourth-order valence-electron chi connectivity index (χ4n) is 2.72. The first-order valence-corrected chi connectivity index (χ1v) is 8.79. The highest BCUT2D eigenvalue weighted by Gasteiger charge is 2.28. The molecule has 2 N–H and O–H groups in total. The zero-order valence-electron chi connectivity index (χ0n) is 13.3. The Morgan fingerprint density at radius 1 is 1.12 bits per heavy atom. The minimum Gasteiger partial charge on any atom is -0.453 e. The van der Waals surface area contributed by atoms with Crippen molar-refractivity contribution in [2.45, 2.75) is 19.3 Å². The molecular weight excluding hydrogens is 364 g/mol. The number of anilines is 1. The van der Waals surface area contributed by atoms with Crippen LogP contribution in [0.15, 0.2) is 24.3 Å². The predicted octanol–water partition coefficient (Wildman–Crippen LogP) is 3.64. The summed E-state index contributed by atoms with van der Waals surface area (Å²) in [4.78, 5) is 37.3. The van der Waals surface area contributed by atoms with Crippen LogP contribution in [0.4, 0.5) is 9.80 Å². The van der Waals surface area contributed by atoms with Gasteiger partial charge in [0.05, 0.1) is 12.7 Å². The zero-order valence-corrected chi connectivity index (χ0v) is 14.9. The monoisotopic (exact) mass is 378 g/mol. The normalized spacial score (nSPS) is 12.4. The molecule has 2 aromatic rings. The van der Waals surface area contributed by atoms with E-state index in [0.717, 1.165) is 29.7 Å². The van der Waals surface area contributed by atoms with Gasteiger partial charge in [0, 0.05) is 15.5 Å². The van der Waals surface area contributed by atoms with E-state index in [2.05, 4.69) is 15.4 Å². The van der Waals surface area contributed by atoms with Gasteiger partial charge in [-0.15, -0.1) is 11.3 Å². The fourth-order valence-corrected chi connectivity index (χ4v) is 4.12. The molecule has 0 spiro atoms. The molecule has 1 aliphatic rings. The van der Waals surface area contributed by atoms with Crippen LogP contribution in [0.25, 0.3) is 0 Å². The van der Waals surface area contributed by atoms with Crippen molar-refractivity contribution in [2.75, 3.05) is 12.4 Å². The van der Waals surface area contributed by atoms with Gasteiger partial charge in [-0.3, -0.25) is 14.9 Å². The number of benzene rings is 1. The maximum absolute atomic E-state index is 12.4. The summed E-state index contributed by atoms with van der Waals surface area (Å²) in [6.45, 7) is 0. The Bertz CT molecular complexity index is 845. The molecule has 8 heteroatoms. The van der Waals surface area contributed by atoms with Crippen LogP contribution in [0.1, 0.15) is 37.6 Å². The average Bonchev–Trinajstić information content (AvgIpc) is 3.15. The van der Waals surface area contributed by atoms with E-state index in [0.29, 0.717) is 21.2 Å². The smallest absolute Gasteiger partial charge is 0.413 e. The van der Waals surface area contributed by atoms with Crippen molar-refractivity contribution in [1.82, 2.24) is 5.32 Å². The molecule has 130 valence electrons. The molecule has 0 aliphatic heterocycles. The molecule has 0 atom stereocenters. The van der Waals surface area contributed by atoms with Gasteiger partial charge in [0.1, 0.15) is 5.00 Å². The third-order valence-corrected chi connectivity index (χ3v) is 5.34. The van der Waals surface area contributed by atoms with Gasteiger partial charge in [0.2, 0.25) is 0 Å². The summed E-state index contributed by atoms with van der Waals surface area (Å²) in [5.41, 5.74) is 1.65. The van der Waals surface area contributed by atoms with Crippen molar-refractivity contribution >= 4 is 45.8 Å². The first-order valence-electron chi connectivity index (χ1n) is 7.60. The topological polar surface area (TPSA) is 84.5 Å². The number of methoxy groups -OCH3 is 1. The molecule has 25 heavy (non-hydrogen) atoms. The molecule has 0 radical (unpaired) electrons. The Labute approximate surface area is 153 Å². The molecule has 0 saturated carbocycles. The van der Waals surface area contributed by atoms with Crippen molar-refractivity contribution in [2.24, 2.45) is 0 Å². The predicted molar refractivity (Wildman–Crippen MR) is 95.6 cm³/mol. The lowest BCUT2D eigenvalue weighted by molar-refractivity contribution is 0.0937. The number of halogens is 1. The first-order chi connectivity index (χ1) is 12.0. The summed E-state index contributed by atoms with van der Waals surface area (Å²) in [5.74, 6) is -0.915. The van der Waals surface area contributed by atoms with E-state index in [1.54, 1.807) is 24.3 Å². The van der Waals surface area contributed by atoms with Crippen LogP contribution in [0.2, 0.25) is 5.02 Å². The van der Waals surface area contributed by atoms with Crippen molar-refractivity contribution in [3.63, 3.8) is 0 Å². The van der Waals surface area contributed by atoms with E-state index in [9.17, 15) is 14.4 Å². The number of thiophene rings is 1. The van der Waals surface area contributed by atoms with Gasteiger partial charge in [-0.25, -0.2) is 4.79 Å². The lowest BCUT2D eigenvalue weighted by atomic mass is 10.1. The second kappa shape index (κ2) is 7.25. The number of amides is 3. The number of hydrogen-bond donors (Lipinski definition) is 2. The molecular formula is C17H15ClN2O4S. The molecule has 1 heterocycles. The van der Waals surface area contributed by atoms with E-state index < -0.39 is 12.0 Å². The molecule has 1 aromatic carbocycles. The van der Waals surface area contributed by atoms with Crippen molar-refractivity contribution < 1.29 is 19.1 Å². The van der Waals surface area contributed by atoms with Gasteiger partial charge in [-0.1, -0.05) is 11.6 Å². The molecule has 1 aliphatic carbocycles. The number of rotatable bonds is 3. The first kappa shape index (κ1) is 17.4. The SMILES string of the molecule is COC(=O)NC(=O)c1c(NC(=O)c2ccc(Cl)cc2)sc2c1CCC2. The van der Waals surface area contributed by atoms with Crippen molar-refractivity contribution in [3.8, 4) is 0 Å². The number of imide groups is 1. The summed E-state index contributed by atoms with van der Waals surface area (Å²) in [6, 6.07) is 6.45. The van der Waals surface area contributed by atoms with Crippen LogP contribution in [-0.4, -0.2) is 25.0 Å². The number of fused-ring (bicyclic) bond motifs is 1. The minimum absolute atomic E-state index is 0.338. The molecule has 3 amide bonds. The number of aryl methyl sites for hydroxylation is 1. The Kier molecular flexibility index (Phi) is 5.06. The van der Waals surface area contributed by atoms with Crippen LogP contribution >= 0.6 is 22.9 Å². The summed E-state index contributed by atoms with van der Waals surface area (Å²) >= 11 is 7.20. The summed E-state index contributed by atoms with van der Waals surface area (Å²) in [5, 5.41) is 5.90. The summed E-state index contributed by atoms with van der Waals surface area (Å²) in [6.07, 6.45) is 1.71. The number of alkyl carbamates (subject to hydrolysis) is 1. The lowest BCUT2D eigenvalue weighted by Crippen LogP contribution is -2.31. The molecule has 0 fully saturated rings. The molecule has 0 bridgehead atoms. The average molecular weight is 379 g/mol. The Morgan fingerprint density at radius 3 is 2.52 bits per heavy atom. The van der Waals surface area contributed by atoms with Gasteiger partial charge in [-0.2, -0.15) is 0 Å². The van der Waals surface area contributed by atoms with Crippen molar-refractivity contribution in [1.29, 1.82) is 0 Å². The van der Waals surface area contributed by atoms with Gasteiger partial charge in [-0.05, 0) is 49.1 Å². The second-order valence-electron chi connectivity index (χ2n) is 5.47. The third-order valence-electron chi connectivity index (χ3n) is 3.88. The van der Waals surface area contributed by atoms with Gasteiger partial charge in [0.25, 0.3) is 11.8 Å². The van der Waals surface area contributed by atoms with Crippen LogP contribution in [-0.2, 0) is 17.6 Å². The maximum atomic E-state index is 12.4. The van der Waals surface area contributed by atoms with Gasteiger partial charge >= 0.3 is 6.09 Å². The molecule has 0 saturated heterocycles. The Morgan fingerprint density at radius 2 is 1.84 bits per heavy atom. The second-order valence-corrected chi connectivity index (χ2v) is 7.01. The molecule has 0 unspecified atom stereocenters. The number of carbonyl (C=O) groups excluding carboxylic acids is 3. The van der Waals surface area contributed by atoms with E-state index in [4.69, 9.17) is 11.6 Å². The van der Waals surface area contributed by atoms with E-state index in [-0.39, 0.29) is 5.91 Å². The van der Waals surface area contributed by atoms with E-state index >= 15 is 0 Å². The highest BCUT2D eigenvalue weighted by molar-refractivity contribution is 7.17. The number of hydrogen-bond acceptors (Lipinski definition) is 5. The molecule has 1 aromatic heterocycles. The Hall–Kier alpha value is -2.38. The standard InChI is InChI=1S/C17H15ClN2O4S/c1-24-17(23)20-15(22)13-11-3-2-4-12(11)25-16(13)19-14(21)9-5-7-10(18)8-6-9/h5-8H,2-4H2,1H3,(H,19,21)(H,20,22,23). The third kappa shape index (κ3) is 3.67. The highest BCUT2D eigenvalue weighted by atomic mass is 35.5. The van der Waals surface area contributed by atoms with E-state index in [1.165, 1.54) is 18.4 Å². The largest absolute Gasteiger partial charge is 0.453 e. The minimum atomic E-state index is -0.835. The highest BCUT2D eigenvalue weighted by Crippen LogP contribution is 2.39. The number of nitrogens with one attached hydrogen (secondary N) is 2. The van der Waals surface area contributed by atoms with Crippen molar-refractivity contribution in [3.05, 3.63) is 50.9 Å². The summed E-state index contributed by atoms with van der Waals surface area (Å²) in [7, 11) is 1.18. The van der Waals surface area contributed by atoms with Crippen LogP contribution in [0, 0.1) is 0 Å².